The number of hydrogen-bond donors (Lipinski definition) is 1. The highest BCUT2D eigenvalue weighted by Gasteiger charge is 2.40. The molecule has 1 atom stereocenters. The van der Waals surface area contributed by atoms with Crippen LogP contribution in [0.2, 0.25) is 0 Å². The Hall–Kier alpha value is -1.98. The van der Waals surface area contributed by atoms with Crippen LogP contribution in [0.5, 0.6) is 0 Å². The molecular weight excluding hydrogens is 267 g/mol. The van der Waals surface area contributed by atoms with E-state index < -0.39 is 6.09 Å². The first-order valence-corrected chi connectivity index (χ1v) is 7.36. The summed E-state index contributed by atoms with van der Waals surface area (Å²) in [6.45, 7) is 2.61. The molecule has 1 aromatic carbocycles. The molecule has 0 radical (unpaired) electrons. The molecule has 0 saturated heterocycles. The number of nitrogens with one attached hydrogen (secondary N) is 1. The fourth-order valence-electron chi connectivity index (χ4n) is 3.11. The maximum atomic E-state index is 11.4. The van der Waals surface area contributed by atoms with Gasteiger partial charge >= 0.3 is 6.09 Å². The van der Waals surface area contributed by atoms with Crippen LogP contribution in [0, 0.1) is 0 Å². The van der Waals surface area contributed by atoms with Gasteiger partial charge < -0.3 is 9.47 Å². The van der Waals surface area contributed by atoms with Gasteiger partial charge in [0.1, 0.15) is 20.0 Å². The zero-order chi connectivity index (χ0) is 14.9. The van der Waals surface area contributed by atoms with Gasteiger partial charge in [-0.2, -0.15) is 0 Å². The molecule has 1 aromatic rings. The maximum Gasteiger partial charge on any atom is 0.415 e. The average Bonchev–Trinajstić information content (AvgIpc) is 2.81. The van der Waals surface area contributed by atoms with E-state index in [2.05, 4.69) is 36.4 Å². The van der Waals surface area contributed by atoms with Gasteiger partial charge in [-0.1, -0.05) is 29.2 Å². The number of rotatable bonds is 1. The first kappa shape index (κ1) is 14.0. The summed E-state index contributed by atoms with van der Waals surface area (Å²) in [5, 5.41) is 2.55. The molecule has 6 heteroatoms. The standard InChI is InChI=1S/C15H19BN2O3/c1-2-20-14(19)17-13-18-15(9-21-13)7-6-11-10(8-15)4-3-5-12(11)16/h3-5H,2,6-9,16H2,1H3,(H,17,18,19). The van der Waals surface area contributed by atoms with Gasteiger partial charge in [0.2, 0.25) is 0 Å². The second-order valence-electron chi connectivity index (χ2n) is 5.66. The Morgan fingerprint density at radius 3 is 3.24 bits per heavy atom. The Bertz CT molecular complexity index is 603. The van der Waals surface area contributed by atoms with Crippen molar-refractivity contribution < 1.29 is 14.3 Å². The number of aliphatic imine (C=N–C) groups is 1. The summed E-state index contributed by atoms with van der Waals surface area (Å²) in [6, 6.07) is 6.68. The molecule has 0 aromatic heterocycles. The Balaban J connectivity index is 1.76. The fourth-order valence-corrected chi connectivity index (χ4v) is 3.11. The van der Waals surface area contributed by atoms with Gasteiger partial charge in [-0.05, 0) is 25.3 Å². The molecule has 5 nitrogen and oxygen atoms in total. The minimum absolute atomic E-state index is 0.240. The van der Waals surface area contributed by atoms with Gasteiger partial charge in [0.25, 0.3) is 6.02 Å². The van der Waals surface area contributed by atoms with Gasteiger partial charge in [0.15, 0.2) is 0 Å². The molecular formula is C15H19BN2O3. The van der Waals surface area contributed by atoms with Crippen LogP contribution in [-0.2, 0) is 22.3 Å². The number of carbonyl (C=O) groups excluding carboxylic acids is 1. The van der Waals surface area contributed by atoms with Crippen LogP contribution in [0.1, 0.15) is 24.5 Å². The van der Waals surface area contributed by atoms with E-state index in [0.29, 0.717) is 13.2 Å². The van der Waals surface area contributed by atoms with Crippen molar-refractivity contribution >= 4 is 25.4 Å². The molecule has 1 unspecified atom stereocenters. The molecule has 0 bridgehead atoms. The van der Waals surface area contributed by atoms with Crippen LogP contribution in [-0.4, -0.2) is 38.7 Å². The van der Waals surface area contributed by atoms with Gasteiger partial charge in [-0.15, -0.1) is 0 Å². The zero-order valence-electron chi connectivity index (χ0n) is 12.4. The third kappa shape index (κ3) is 2.75. The monoisotopic (exact) mass is 286 g/mol. The number of carbonyl (C=O) groups is 1. The molecule has 0 fully saturated rings. The molecule has 1 aliphatic carbocycles. The lowest BCUT2D eigenvalue weighted by atomic mass is 9.74. The molecule has 3 rings (SSSR count). The van der Waals surface area contributed by atoms with Crippen LogP contribution >= 0.6 is 0 Å². The molecule has 1 amide bonds. The Morgan fingerprint density at radius 1 is 1.57 bits per heavy atom. The summed E-state index contributed by atoms with van der Waals surface area (Å²) in [7, 11) is 2.15. The predicted octanol–water partition coefficient (Wildman–Crippen LogP) is 0.305. The SMILES string of the molecule is Bc1cccc2c1CCC1(COC(NC(=O)OCC)=N1)C2. The van der Waals surface area contributed by atoms with Crippen molar-refractivity contribution in [1.29, 1.82) is 0 Å². The van der Waals surface area contributed by atoms with Crippen LogP contribution in [0.25, 0.3) is 0 Å². The molecule has 21 heavy (non-hydrogen) atoms. The molecule has 1 heterocycles. The van der Waals surface area contributed by atoms with E-state index in [1.54, 1.807) is 6.92 Å². The highest BCUT2D eigenvalue weighted by Crippen LogP contribution is 2.33. The lowest BCUT2D eigenvalue weighted by molar-refractivity contribution is 0.154. The van der Waals surface area contributed by atoms with Crippen LogP contribution in [0.3, 0.4) is 0 Å². The lowest BCUT2D eigenvalue weighted by Gasteiger charge is -2.31. The van der Waals surface area contributed by atoms with E-state index >= 15 is 0 Å². The summed E-state index contributed by atoms with van der Waals surface area (Å²) in [6.07, 6.45) is 2.29. The Morgan fingerprint density at radius 2 is 2.43 bits per heavy atom. The number of alkyl carbamates (subject to hydrolysis) is 1. The van der Waals surface area contributed by atoms with E-state index in [0.717, 1.165) is 19.3 Å². The molecule has 2 aliphatic rings. The van der Waals surface area contributed by atoms with Crippen molar-refractivity contribution in [2.45, 2.75) is 31.7 Å². The summed E-state index contributed by atoms with van der Waals surface area (Å²) in [5.74, 6) is 0. The third-order valence-corrected chi connectivity index (χ3v) is 4.17. The molecule has 1 aliphatic heterocycles. The molecule has 110 valence electrons. The van der Waals surface area contributed by atoms with Crippen LogP contribution < -0.4 is 10.8 Å². The van der Waals surface area contributed by atoms with Crippen molar-refractivity contribution in [3.63, 3.8) is 0 Å². The number of amidine groups is 1. The predicted molar refractivity (Wildman–Crippen MR) is 82.9 cm³/mol. The molecule has 0 saturated carbocycles. The van der Waals surface area contributed by atoms with Gasteiger partial charge in [-0.25, -0.2) is 15.1 Å². The summed E-state index contributed by atoms with van der Waals surface area (Å²) < 4.78 is 10.4. The number of amides is 1. The molecule has 1 N–H and O–H groups in total. The van der Waals surface area contributed by atoms with Crippen molar-refractivity contribution in [3.05, 3.63) is 29.3 Å². The van der Waals surface area contributed by atoms with Crippen LogP contribution in [0.15, 0.2) is 23.2 Å². The Kier molecular flexibility index (Phi) is 3.61. The first-order valence-electron chi connectivity index (χ1n) is 7.36. The number of ether oxygens (including phenoxy) is 2. The van der Waals surface area contributed by atoms with E-state index in [1.807, 2.05) is 0 Å². The highest BCUT2D eigenvalue weighted by atomic mass is 16.6. The van der Waals surface area contributed by atoms with E-state index in [1.165, 1.54) is 16.6 Å². The number of fused-ring (bicyclic) bond motifs is 1. The first-order chi connectivity index (χ1) is 10.1. The van der Waals surface area contributed by atoms with E-state index in [-0.39, 0.29) is 11.6 Å². The molecule has 1 spiro atoms. The minimum atomic E-state index is -0.514. The van der Waals surface area contributed by atoms with Crippen LogP contribution in [0.4, 0.5) is 4.79 Å². The fraction of sp³-hybridized carbons (Fsp3) is 0.467. The third-order valence-electron chi connectivity index (χ3n) is 4.17. The largest absolute Gasteiger partial charge is 0.462 e. The van der Waals surface area contributed by atoms with Gasteiger partial charge in [0, 0.05) is 6.42 Å². The average molecular weight is 286 g/mol. The summed E-state index contributed by atoms with van der Waals surface area (Å²) >= 11 is 0. The minimum Gasteiger partial charge on any atom is -0.462 e. The highest BCUT2D eigenvalue weighted by molar-refractivity contribution is 6.33. The lowest BCUT2D eigenvalue weighted by Crippen LogP contribution is -2.37. The normalized spacial score (nSPS) is 23.2. The topological polar surface area (TPSA) is 59.9 Å². The quantitative estimate of drug-likeness (QED) is 0.756. The summed E-state index contributed by atoms with van der Waals surface area (Å²) in [4.78, 5) is 16.0. The maximum absolute atomic E-state index is 11.4. The zero-order valence-corrected chi connectivity index (χ0v) is 12.4. The Labute approximate surface area is 125 Å². The number of nitrogens with zero attached hydrogens (tertiary/aromatic N) is 1. The second-order valence-corrected chi connectivity index (χ2v) is 5.66. The van der Waals surface area contributed by atoms with E-state index in [9.17, 15) is 4.79 Å². The number of benzene rings is 1. The van der Waals surface area contributed by atoms with Gasteiger partial charge in [0.05, 0.1) is 6.61 Å². The van der Waals surface area contributed by atoms with Crippen molar-refractivity contribution in [1.82, 2.24) is 5.32 Å². The second kappa shape index (κ2) is 5.43. The smallest absolute Gasteiger partial charge is 0.415 e. The summed E-state index contributed by atoms with van der Waals surface area (Å²) in [5.41, 5.74) is 3.88. The van der Waals surface area contributed by atoms with Crippen molar-refractivity contribution in [2.75, 3.05) is 13.2 Å². The van der Waals surface area contributed by atoms with Gasteiger partial charge in [-0.3, -0.25) is 0 Å². The van der Waals surface area contributed by atoms with Crippen molar-refractivity contribution in [3.8, 4) is 0 Å². The number of hydrogen-bond acceptors (Lipinski definition) is 4. The van der Waals surface area contributed by atoms with Crippen molar-refractivity contribution in [2.24, 2.45) is 4.99 Å². The van der Waals surface area contributed by atoms with E-state index in [4.69, 9.17) is 9.47 Å².